The first-order valence-corrected chi connectivity index (χ1v) is 17.5. The highest BCUT2D eigenvalue weighted by Crippen LogP contribution is 2.56. The van der Waals surface area contributed by atoms with Crippen LogP contribution in [-0.2, 0) is 11.2 Å². The number of fused-ring (bicyclic) bond motifs is 3. The Kier molecular flexibility index (Phi) is 7.60. The van der Waals surface area contributed by atoms with E-state index in [1.165, 1.54) is 54.4 Å². The molecular formula is C38H47N7O. The van der Waals surface area contributed by atoms with Crippen LogP contribution in [0.3, 0.4) is 0 Å². The summed E-state index contributed by atoms with van der Waals surface area (Å²) in [5.41, 5.74) is 10.4. The summed E-state index contributed by atoms with van der Waals surface area (Å²) in [6, 6.07) is 13.9. The summed E-state index contributed by atoms with van der Waals surface area (Å²) >= 11 is 0. The molecule has 46 heavy (non-hydrogen) atoms. The zero-order valence-electron chi connectivity index (χ0n) is 27.6. The number of hydrogen-bond acceptors (Lipinski definition) is 5. The minimum Gasteiger partial charge on any atom is -0.341 e. The third-order valence-corrected chi connectivity index (χ3v) is 11.5. The van der Waals surface area contributed by atoms with E-state index in [0.29, 0.717) is 12.0 Å². The summed E-state index contributed by atoms with van der Waals surface area (Å²) in [5.74, 6) is 3.83. The molecule has 3 fully saturated rings. The number of likely N-dealkylation sites (N-methyl/N-ethyl adjacent to an activating group) is 1. The molecule has 0 spiro atoms. The first-order chi connectivity index (χ1) is 22.4. The minimum atomic E-state index is -0.177. The van der Waals surface area contributed by atoms with Gasteiger partial charge in [0, 0.05) is 12.1 Å². The van der Waals surface area contributed by atoms with Gasteiger partial charge < -0.3 is 20.2 Å². The maximum Gasteiger partial charge on any atom is 0.240 e. The van der Waals surface area contributed by atoms with Crippen molar-refractivity contribution in [3.05, 3.63) is 71.6 Å². The van der Waals surface area contributed by atoms with Crippen LogP contribution in [0.5, 0.6) is 0 Å². The van der Waals surface area contributed by atoms with Crippen LogP contribution in [0, 0.1) is 11.8 Å². The van der Waals surface area contributed by atoms with Crippen molar-refractivity contribution in [3.8, 4) is 33.6 Å². The molecule has 4 heterocycles. The molecular weight excluding hydrogens is 570 g/mol. The Morgan fingerprint density at radius 3 is 2.22 bits per heavy atom. The Labute approximate surface area is 272 Å². The number of aromatic amines is 2. The van der Waals surface area contributed by atoms with Gasteiger partial charge in [0.2, 0.25) is 5.91 Å². The number of carbonyl (C=O) groups is 1. The van der Waals surface area contributed by atoms with Gasteiger partial charge in [0.1, 0.15) is 11.6 Å². The standard InChI is InChI=1S/C38H47N7O/c1-22(2)35(39-3)38(46)45-18-6-8-33(45)37-40-20-30(42-37)24-11-9-23(10-12-24)26-15-16-28(29-19-25-13-14-27(25)34(26)29)31-21-41-36(43-31)32-7-5-17-44(32)4/h9-12,15-16,20-22,25,27,32-33,35,39H,5-8,13-14,17-19H2,1-4H3,(H,40,42)(H,41,43). The van der Waals surface area contributed by atoms with E-state index in [4.69, 9.17) is 9.97 Å². The number of benzene rings is 2. The molecule has 8 heteroatoms. The van der Waals surface area contributed by atoms with Crippen molar-refractivity contribution in [1.29, 1.82) is 0 Å². The van der Waals surface area contributed by atoms with E-state index in [0.717, 1.165) is 60.4 Å². The van der Waals surface area contributed by atoms with E-state index < -0.39 is 0 Å². The number of nitrogens with one attached hydrogen (secondary N) is 3. The fraction of sp³-hybridized carbons (Fsp3) is 0.500. The van der Waals surface area contributed by atoms with Crippen molar-refractivity contribution < 1.29 is 4.79 Å². The van der Waals surface area contributed by atoms with E-state index in [-0.39, 0.29) is 23.9 Å². The SMILES string of the molecule is CNC(C(=O)N1CCCC1c1ncc(-c2ccc(-c3ccc(-c4cnc(C5CCCN5C)[nH]4)c4c3C3CCC3C4)cc2)[nH]1)C(C)C. The summed E-state index contributed by atoms with van der Waals surface area (Å²) in [7, 11) is 4.08. The summed E-state index contributed by atoms with van der Waals surface area (Å²) in [5, 5.41) is 3.22. The first-order valence-electron chi connectivity index (χ1n) is 17.5. The first kappa shape index (κ1) is 29.6. The molecule has 2 saturated heterocycles. The van der Waals surface area contributed by atoms with Crippen LogP contribution in [-0.4, -0.2) is 68.9 Å². The van der Waals surface area contributed by atoms with Crippen LogP contribution in [0.4, 0.5) is 0 Å². The minimum absolute atomic E-state index is 0.00308. The number of likely N-dealkylation sites (tertiary alicyclic amines) is 2. The lowest BCUT2D eigenvalue weighted by molar-refractivity contribution is -0.135. The second-order valence-electron chi connectivity index (χ2n) is 14.5. The fourth-order valence-corrected chi connectivity index (χ4v) is 8.88. The second-order valence-corrected chi connectivity index (χ2v) is 14.5. The number of H-pyrrole nitrogens is 2. The number of aromatic nitrogens is 4. The largest absolute Gasteiger partial charge is 0.341 e. The number of nitrogens with zero attached hydrogens (tertiary/aromatic N) is 4. The van der Waals surface area contributed by atoms with Gasteiger partial charge in [-0.15, -0.1) is 0 Å². The van der Waals surface area contributed by atoms with Crippen molar-refractivity contribution in [1.82, 2.24) is 35.1 Å². The molecule has 0 radical (unpaired) electrons. The van der Waals surface area contributed by atoms with Gasteiger partial charge in [0.15, 0.2) is 0 Å². The molecule has 1 saturated carbocycles. The van der Waals surface area contributed by atoms with Gasteiger partial charge >= 0.3 is 0 Å². The lowest BCUT2D eigenvalue weighted by atomic mass is 9.73. The number of hydrogen-bond donors (Lipinski definition) is 3. The van der Waals surface area contributed by atoms with Crippen LogP contribution in [0.2, 0.25) is 0 Å². The monoisotopic (exact) mass is 617 g/mol. The Bertz CT molecular complexity index is 1740. The van der Waals surface area contributed by atoms with Crippen molar-refractivity contribution >= 4 is 5.91 Å². The van der Waals surface area contributed by atoms with Crippen LogP contribution >= 0.6 is 0 Å². The van der Waals surface area contributed by atoms with Gasteiger partial charge in [0.05, 0.1) is 41.9 Å². The maximum atomic E-state index is 13.4. The highest BCUT2D eigenvalue weighted by atomic mass is 16.2. The second kappa shape index (κ2) is 11.8. The topological polar surface area (TPSA) is 92.9 Å². The van der Waals surface area contributed by atoms with Gasteiger partial charge in [0.25, 0.3) is 0 Å². The molecule has 8 rings (SSSR count). The van der Waals surface area contributed by atoms with Gasteiger partial charge in [-0.2, -0.15) is 0 Å². The fourth-order valence-electron chi connectivity index (χ4n) is 8.88. The van der Waals surface area contributed by atoms with Crippen LogP contribution in [0.15, 0.2) is 48.8 Å². The quantitative estimate of drug-likeness (QED) is 0.201. The highest BCUT2D eigenvalue weighted by molar-refractivity contribution is 5.83. The third-order valence-electron chi connectivity index (χ3n) is 11.5. The molecule has 3 N–H and O–H groups in total. The van der Waals surface area contributed by atoms with E-state index >= 15 is 0 Å². The highest BCUT2D eigenvalue weighted by Gasteiger charge is 2.42. The molecule has 240 valence electrons. The Hall–Kier alpha value is -3.75. The summed E-state index contributed by atoms with van der Waals surface area (Å²) in [6.07, 6.45) is 12.1. The van der Waals surface area contributed by atoms with E-state index in [1.807, 2.05) is 18.1 Å². The lowest BCUT2D eigenvalue weighted by Crippen LogP contribution is -2.47. The zero-order valence-corrected chi connectivity index (χ0v) is 27.6. The number of carbonyl (C=O) groups excluding carboxylic acids is 1. The van der Waals surface area contributed by atoms with Crippen molar-refractivity contribution in [2.45, 2.75) is 82.8 Å². The summed E-state index contributed by atoms with van der Waals surface area (Å²) in [6.45, 7) is 6.11. The van der Waals surface area contributed by atoms with Crippen LogP contribution < -0.4 is 5.32 Å². The predicted octanol–water partition coefficient (Wildman–Crippen LogP) is 6.86. The molecule has 2 aliphatic carbocycles. The molecule has 1 amide bonds. The lowest BCUT2D eigenvalue weighted by Gasteiger charge is -2.31. The van der Waals surface area contributed by atoms with Crippen molar-refractivity contribution in [3.63, 3.8) is 0 Å². The van der Waals surface area contributed by atoms with Crippen molar-refractivity contribution in [2.24, 2.45) is 11.8 Å². The third kappa shape index (κ3) is 4.92. The van der Waals surface area contributed by atoms with Crippen LogP contribution in [0.1, 0.15) is 93.1 Å². The molecule has 2 aliphatic heterocycles. The molecule has 5 atom stereocenters. The van der Waals surface area contributed by atoms with Gasteiger partial charge in [-0.05, 0) is 111 Å². The Morgan fingerprint density at radius 2 is 1.52 bits per heavy atom. The smallest absolute Gasteiger partial charge is 0.240 e. The van der Waals surface area contributed by atoms with Crippen molar-refractivity contribution in [2.75, 3.05) is 27.2 Å². The molecule has 0 bridgehead atoms. The van der Waals surface area contributed by atoms with E-state index in [1.54, 1.807) is 5.56 Å². The molecule has 5 unspecified atom stereocenters. The van der Waals surface area contributed by atoms with Crippen LogP contribution in [0.25, 0.3) is 33.6 Å². The molecule has 4 aromatic rings. The maximum absolute atomic E-state index is 13.4. The number of rotatable bonds is 8. The average molecular weight is 618 g/mol. The molecule has 8 nitrogen and oxygen atoms in total. The van der Waals surface area contributed by atoms with Gasteiger partial charge in [-0.1, -0.05) is 50.2 Å². The number of amides is 1. The van der Waals surface area contributed by atoms with E-state index in [2.05, 4.69) is 83.7 Å². The Balaban J connectivity index is 1.05. The predicted molar refractivity (Wildman–Crippen MR) is 182 cm³/mol. The molecule has 2 aromatic carbocycles. The molecule has 2 aromatic heterocycles. The average Bonchev–Trinajstić information content (AvgIpc) is 3.88. The number of imidazole rings is 2. The normalized spacial score (nSPS) is 24.8. The summed E-state index contributed by atoms with van der Waals surface area (Å²) < 4.78 is 0. The zero-order chi connectivity index (χ0) is 31.5. The Morgan fingerprint density at radius 1 is 0.848 bits per heavy atom. The summed E-state index contributed by atoms with van der Waals surface area (Å²) in [4.78, 5) is 34.7. The van der Waals surface area contributed by atoms with Gasteiger partial charge in [-0.3, -0.25) is 9.69 Å². The van der Waals surface area contributed by atoms with Gasteiger partial charge in [-0.25, -0.2) is 9.97 Å². The van der Waals surface area contributed by atoms with E-state index in [9.17, 15) is 4.79 Å². The molecule has 4 aliphatic rings.